The van der Waals surface area contributed by atoms with Gasteiger partial charge in [0.15, 0.2) is 0 Å². The van der Waals surface area contributed by atoms with Crippen molar-refractivity contribution in [3.05, 3.63) is 108 Å². The van der Waals surface area contributed by atoms with Crippen molar-refractivity contribution in [2.75, 3.05) is 11.5 Å². The van der Waals surface area contributed by atoms with Crippen molar-refractivity contribution in [3.63, 3.8) is 0 Å². The molecule has 0 unspecified atom stereocenters. The smallest absolute Gasteiger partial charge is 0.0991 e. The number of unbranched alkanes of at least 4 members (excludes halogenated alkanes) is 6. The Morgan fingerprint density at radius 3 is 0.974 bits per heavy atom. The molecule has 0 aliphatic heterocycles. The van der Waals surface area contributed by atoms with E-state index in [9.17, 15) is 0 Å². The molecule has 0 aliphatic rings. The first-order valence-corrected chi connectivity index (χ1v) is 15.7. The molecule has 0 aliphatic carbocycles. The molecule has 0 radical (unpaired) electrons. The molecule has 39 heavy (non-hydrogen) atoms. The van der Waals surface area contributed by atoms with Crippen molar-refractivity contribution in [2.45, 2.75) is 54.7 Å². The first-order chi connectivity index (χ1) is 19.2. The Hall–Kier alpha value is -3.44. The van der Waals surface area contributed by atoms with Crippen LogP contribution in [0.4, 0.5) is 0 Å². The predicted octanol–water partition coefficient (Wildman–Crippen LogP) is 10.4. The predicted molar refractivity (Wildman–Crippen MR) is 167 cm³/mol. The highest BCUT2D eigenvalue weighted by Gasteiger charge is 2.02. The van der Waals surface area contributed by atoms with Gasteiger partial charge in [-0.25, -0.2) is 0 Å². The standard InChI is InChI=1S/C35H34N2S2/c36-26-28-8-12-30(13-9-28)32-16-20-34(21-17-32)38-24-6-4-2-1-3-5-7-25-39-35-22-18-33(19-23-35)31-14-10-29(27-37)11-15-31/h8-23H,1-7,24-25H2. The van der Waals surface area contributed by atoms with Gasteiger partial charge in [0, 0.05) is 9.79 Å². The zero-order valence-electron chi connectivity index (χ0n) is 22.3. The van der Waals surface area contributed by atoms with E-state index in [2.05, 4.69) is 60.7 Å². The summed E-state index contributed by atoms with van der Waals surface area (Å²) in [7, 11) is 0. The molecule has 4 aromatic carbocycles. The van der Waals surface area contributed by atoms with Crippen LogP contribution in [-0.2, 0) is 0 Å². The SMILES string of the molecule is N#Cc1ccc(-c2ccc(SCCCCCCCCCSc3ccc(-c4ccc(C#N)cc4)cc3)cc2)cc1. The molecule has 4 heteroatoms. The zero-order chi connectivity index (χ0) is 27.1. The van der Waals surface area contributed by atoms with Gasteiger partial charge in [0.05, 0.1) is 23.3 Å². The molecular weight excluding hydrogens is 513 g/mol. The summed E-state index contributed by atoms with van der Waals surface area (Å²) in [6.45, 7) is 0. The van der Waals surface area contributed by atoms with Crippen molar-refractivity contribution in [3.8, 4) is 34.4 Å². The van der Waals surface area contributed by atoms with Crippen LogP contribution in [0.1, 0.15) is 56.1 Å². The van der Waals surface area contributed by atoms with Crippen molar-refractivity contribution in [1.29, 1.82) is 10.5 Å². The molecule has 0 atom stereocenters. The summed E-state index contributed by atoms with van der Waals surface area (Å²) in [6, 6.07) is 37.4. The number of nitrogens with zero attached hydrogens (tertiary/aromatic N) is 2. The Bertz CT molecular complexity index is 1250. The van der Waals surface area contributed by atoms with Crippen LogP contribution in [0.3, 0.4) is 0 Å². The lowest BCUT2D eigenvalue weighted by molar-refractivity contribution is 0.605. The Kier molecular flexibility index (Phi) is 11.6. The lowest BCUT2D eigenvalue weighted by Gasteiger charge is -2.06. The van der Waals surface area contributed by atoms with E-state index in [4.69, 9.17) is 10.5 Å². The van der Waals surface area contributed by atoms with Gasteiger partial charge < -0.3 is 0 Å². The van der Waals surface area contributed by atoms with Gasteiger partial charge in [0.2, 0.25) is 0 Å². The summed E-state index contributed by atoms with van der Waals surface area (Å²) in [4.78, 5) is 2.66. The first-order valence-electron chi connectivity index (χ1n) is 13.7. The highest BCUT2D eigenvalue weighted by atomic mass is 32.2. The second kappa shape index (κ2) is 15.8. The molecule has 0 spiro atoms. The maximum Gasteiger partial charge on any atom is 0.0991 e. The second-order valence-electron chi connectivity index (χ2n) is 9.60. The largest absolute Gasteiger partial charge is 0.192 e. The van der Waals surface area contributed by atoms with Crippen LogP contribution in [0.25, 0.3) is 22.3 Å². The molecule has 0 saturated heterocycles. The third kappa shape index (κ3) is 9.36. The molecule has 0 saturated carbocycles. The van der Waals surface area contributed by atoms with Crippen LogP contribution < -0.4 is 0 Å². The fourth-order valence-electron chi connectivity index (χ4n) is 4.43. The lowest BCUT2D eigenvalue weighted by atomic mass is 10.0. The van der Waals surface area contributed by atoms with Gasteiger partial charge in [0.25, 0.3) is 0 Å². The Morgan fingerprint density at radius 2 is 0.667 bits per heavy atom. The number of hydrogen-bond donors (Lipinski definition) is 0. The number of thioether (sulfide) groups is 2. The van der Waals surface area contributed by atoms with Gasteiger partial charge in [-0.2, -0.15) is 10.5 Å². The number of benzene rings is 4. The molecule has 4 aromatic rings. The van der Waals surface area contributed by atoms with Gasteiger partial charge in [-0.05, 0) is 95.1 Å². The number of nitriles is 2. The van der Waals surface area contributed by atoms with E-state index in [0.717, 1.165) is 11.1 Å². The average Bonchev–Trinajstić information content (AvgIpc) is 3.00. The minimum Gasteiger partial charge on any atom is -0.192 e. The quantitative estimate of drug-likeness (QED) is 0.117. The molecule has 0 amide bonds. The van der Waals surface area contributed by atoms with E-state index in [1.54, 1.807) is 0 Å². The fourth-order valence-corrected chi connectivity index (χ4v) is 6.26. The highest BCUT2D eigenvalue weighted by molar-refractivity contribution is 7.99. The normalized spacial score (nSPS) is 10.6. The molecule has 0 heterocycles. The molecule has 0 N–H and O–H groups in total. The minimum absolute atomic E-state index is 0.699. The molecule has 0 aromatic heterocycles. The molecular formula is C35H34N2S2. The van der Waals surface area contributed by atoms with Gasteiger partial charge in [-0.1, -0.05) is 80.6 Å². The van der Waals surface area contributed by atoms with Gasteiger partial charge in [-0.3, -0.25) is 0 Å². The molecule has 0 fully saturated rings. The topological polar surface area (TPSA) is 47.6 Å². The van der Waals surface area contributed by atoms with E-state index < -0.39 is 0 Å². The monoisotopic (exact) mass is 546 g/mol. The third-order valence-corrected chi connectivity index (χ3v) is 8.93. The summed E-state index contributed by atoms with van der Waals surface area (Å²) in [5, 5.41) is 17.9. The maximum absolute atomic E-state index is 8.95. The van der Waals surface area contributed by atoms with E-state index in [1.165, 1.54) is 77.4 Å². The first kappa shape index (κ1) is 28.6. The van der Waals surface area contributed by atoms with E-state index in [0.29, 0.717) is 11.1 Å². The van der Waals surface area contributed by atoms with Crippen LogP contribution in [0, 0.1) is 22.7 Å². The highest BCUT2D eigenvalue weighted by Crippen LogP contribution is 2.27. The van der Waals surface area contributed by atoms with Crippen LogP contribution in [0.15, 0.2) is 107 Å². The Labute approximate surface area is 242 Å². The van der Waals surface area contributed by atoms with E-state index in [1.807, 2.05) is 72.1 Å². The summed E-state index contributed by atoms with van der Waals surface area (Å²) in [6.07, 6.45) is 9.19. The minimum atomic E-state index is 0.699. The van der Waals surface area contributed by atoms with Crippen molar-refractivity contribution >= 4 is 23.5 Å². The zero-order valence-corrected chi connectivity index (χ0v) is 23.9. The van der Waals surface area contributed by atoms with Crippen molar-refractivity contribution in [2.24, 2.45) is 0 Å². The van der Waals surface area contributed by atoms with Gasteiger partial charge in [-0.15, -0.1) is 23.5 Å². The van der Waals surface area contributed by atoms with Crippen LogP contribution in [0.2, 0.25) is 0 Å². The van der Waals surface area contributed by atoms with Gasteiger partial charge >= 0.3 is 0 Å². The molecule has 4 rings (SSSR count). The van der Waals surface area contributed by atoms with Crippen molar-refractivity contribution in [1.82, 2.24) is 0 Å². The van der Waals surface area contributed by atoms with Crippen molar-refractivity contribution < 1.29 is 0 Å². The summed E-state index contributed by atoms with van der Waals surface area (Å²) in [5.41, 5.74) is 6.09. The lowest BCUT2D eigenvalue weighted by Crippen LogP contribution is -1.85. The van der Waals surface area contributed by atoms with Crippen LogP contribution in [-0.4, -0.2) is 11.5 Å². The van der Waals surface area contributed by atoms with Gasteiger partial charge in [0.1, 0.15) is 0 Å². The van der Waals surface area contributed by atoms with Crippen LogP contribution in [0.5, 0.6) is 0 Å². The maximum atomic E-state index is 8.95. The summed E-state index contributed by atoms with van der Waals surface area (Å²) >= 11 is 3.89. The van der Waals surface area contributed by atoms with Crippen LogP contribution >= 0.6 is 23.5 Å². The van der Waals surface area contributed by atoms with E-state index in [-0.39, 0.29) is 0 Å². The Morgan fingerprint density at radius 1 is 0.385 bits per heavy atom. The summed E-state index contributed by atoms with van der Waals surface area (Å²) < 4.78 is 0. The average molecular weight is 547 g/mol. The number of hydrogen-bond acceptors (Lipinski definition) is 4. The summed E-state index contributed by atoms with van der Waals surface area (Å²) in [5.74, 6) is 2.35. The number of rotatable bonds is 14. The fraction of sp³-hybridized carbons (Fsp3) is 0.257. The molecule has 0 bridgehead atoms. The second-order valence-corrected chi connectivity index (χ2v) is 11.9. The molecule has 196 valence electrons. The Balaban J connectivity index is 1.01. The van der Waals surface area contributed by atoms with E-state index >= 15 is 0 Å². The third-order valence-electron chi connectivity index (χ3n) is 6.73. The molecule has 2 nitrogen and oxygen atoms in total.